The summed E-state index contributed by atoms with van der Waals surface area (Å²) in [5.41, 5.74) is 5.22. The van der Waals surface area contributed by atoms with Gasteiger partial charge in [0.15, 0.2) is 5.16 Å². The molecule has 152 valence electrons. The van der Waals surface area contributed by atoms with Crippen molar-refractivity contribution >= 4 is 40.9 Å². The van der Waals surface area contributed by atoms with Crippen LogP contribution in [0.25, 0.3) is 0 Å². The average molecular weight is 438 g/mol. The monoisotopic (exact) mass is 437 g/mol. The molecular weight excluding hydrogens is 421 g/mol. The predicted molar refractivity (Wildman–Crippen MR) is 106 cm³/mol. The number of carbonyl (C=O) groups excluding carboxylic acids is 2. The Morgan fingerprint density at radius 2 is 2.14 bits per heavy atom. The second-order valence-corrected chi connectivity index (χ2v) is 7.37. The second-order valence-electron chi connectivity index (χ2n) is 5.99. The van der Waals surface area contributed by atoms with Gasteiger partial charge < -0.3 is 15.5 Å². The third-order valence-corrected chi connectivity index (χ3v) is 5.02. The van der Waals surface area contributed by atoms with E-state index in [-0.39, 0.29) is 17.9 Å². The molecule has 2 heterocycles. The second kappa shape index (κ2) is 9.57. The molecular formula is C18H17ClFN5O3S. The number of anilines is 1. The van der Waals surface area contributed by atoms with Crippen LogP contribution in [0.2, 0.25) is 5.02 Å². The van der Waals surface area contributed by atoms with Crippen molar-refractivity contribution in [2.75, 3.05) is 11.1 Å². The molecule has 8 nitrogen and oxygen atoms in total. The van der Waals surface area contributed by atoms with Gasteiger partial charge in [0, 0.05) is 17.9 Å². The number of amides is 2. The molecule has 0 unspecified atom stereocenters. The van der Waals surface area contributed by atoms with E-state index < -0.39 is 17.6 Å². The van der Waals surface area contributed by atoms with Crippen molar-refractivity contribution in [1.82, 2.24) is 14.8 Å². The molecule has 1 aromatic carbocycles. The van der Waals surface area contributed by atoms with Crippen molar-refractivity contribution in [1.29, 1.82) is 0 Å². The van der Waals surface area contributed by atoms with Crippen LogP contribution in [0.1, 0.15) is 18.0 Å². The van der Waals surface area contributed by atoms with E-state index in [2.05, 4.69) is 15.5 Å². The number of primary amides is 1. The molecule has 0 bridgehead atoms. The zero-order valence-electron chi connectivity index (χ0n) is 15.1. The summed E-state index contributed by atoms with van der Waals surface area (Å²) in [6.45, 7) is 0.334. The molecule has 0 saturated heterocycles. The molecule has 0 aliphatic heterocycles. The molecule has 0 aliphatic carbocycles. The molecule has 0 aliphatic rings. The van der Waals surface area contributed by atoms with E-state index >= 15 is 0 Å². The van der Waals surface area contributed by atoms with Gasteiger partial charge in [-0.3, -0.25) is 14.2 Å². The Balaban J connectivity index is 1.69. The number of nitrogens with zero attached hydrogens (tertiary/aromatic N) is 3. The smallest absolute Gasteiger partial charge is 0.234 e. The Morgan fingerprint density at radius 1 is 1.31 bits per heavy atom. The minimum Gasteiger partial charge on any atom is -0.467 e. The highest BCUT2D eigenvalue weighted by Crippen LogP contribution is 2.22. The van der Waals surface area contributed by atoms with Gasteiger partial charge in [-0.2, -0.15) is 0 Å². The maximum atomic E-state index is 13.8. The Hall–Kier alpha value is -2.85. The number of hydrogen-bond donors (Lipinski definition) is 2. The van der Waals surface area contributed by atoms with Gasteiger partial charge in [-0.25, -0.2) is 4.39 Å². The number of hydrogen-bond acceptors (Lipinski definition) is 6. The fraction of sp³-hybridized carbons (Fsp3) is 0.222. The lowest BCUT2D eigenvalue weighted by atomic mass is 10.3. The van der Waals surface area contributed by atoms with E-state index in [1.807, 2.05) is 0 Å². The van der Waals surface area contributed by atoms with E-state index in [0.29, 0.717) is 34.7 Å². The minimum atomic E-state index is -0.581. The van der Waals surface area contributed by atoms with E-state index in [4.69, 9.17) is 21.8 Å². The number of carbonyl (C=O) groups is 2. The maximum Gasteiger partial charge on any atom is 0.234 e. The van der Waals surface area contributed by atoms with Gasteiger partial charge in [0.2, 0.25) is 11.8 Å². The molecule has 3 aromatic rings. The van der Waals surface area contributed by atoms with Gasteiger partial charge in [-0.1, -0.05) is 23.4 Å². The summed E-state index contributed by atoms with van der Waals surface area (Å²) in [6, 6.07) is 7.45. The first-order valence-corrected chi connectivity index (χ1v) is 9.89. The van der Waals surface area contributed by atoms with Crippen molar-refractivity contribution < 1.29 is 18.4 Å². The third kappa shape index (κ3) is 5.81. The van der Waals surface area contributed by atoms with Crippen LogP contribution >= 0.6 is 23.4 Å². The molecule has 0 saturated carbocycles. The lowest BCUT2D eigenvalue weighted by Crippen LogP contribution is -2.16. The molecule has 3 N–H and O–H groups in total. The van der Waals surface area contributed by atoms with Crippen LogP contribution < -0.4 is 11.1 Å². The predicted octanol–water partition coefficient (Wildman–Crippen LogP) is 2.86. The Bertz CT molecular complexity index is 1010. The normalized spacial score (nSPS) is 10.8. The molecule has 0 fully saturated rings. The highest BCUT2D eigenvalue weighted by atomic mass is 35.5. The van der Waals surface area contributed by atoms with Crippen LogP contribution in [0, 0.1) is 5.82 Å². The van der Waals surface area contributed by atoms with Crippen molar-refractivity contribution in [3.63, 3.8) is 0 Å². The number of rotatable bonds is 9. The first kappa shape index (κ1) is 20.9. The maximum absolute atomic E-state index is 13.8. The number of aromatic nitrogens is 3. The van der Waals surface area contributed by atoms with Crippen molar-refractivity contribution in [2.24, 2.45) is 5.73 Å². The quantitative estimate of drug-likeness (QED) is 0.497. The molecule has 2 amide bonds. The van der Waals surface area contributed by atoms with Crippen molar-refractivity contribution in [2.45, 2.75) is 24.5 Å². The summed E-state index contributed by atoms with van der Waals surface area (Å²) in [7, 11) is 0. The zero-order chi connectivity index (χ0) is 20.8. The summed E-state index contributed by atoms with van der Waals surface area (Å²) >= 11 is 6.96. The number of benzene rings is 1. The lowest BCUT2D eigenvalue weighted by Gasteiger charge is -2.09. The molecule has 29 heavy (non-hydrogen) atoms. The SMILES string of the molecule is NC(=O)CCc1nnc(SCC(=O)Nc2cc(Cl)ccc2F)n1Cc1ccco1. The van der Waals surface area contributed by atoms with Gasteiger partial charge in [0.05, 0.1) is 24.2 Å². The van der Waals surface area contributed by atoms with Crippen LogP contribution in [0.5, 0.6) is 0 Å². The van der Waals surface area contributed by atoms with Gasteiger partial charge >= 0.3 is 0 Å². The first-order valence-electron chi connectivity index (χ1n) is 8.53. The van der Waals surface area contributed by atoms with Crippen LogP contribution in [-0.4, -0.2) is 32.3 Å². The van der Waals surface area contributed by atoms with Gasteiger partial charge in [-0.05, 0) is 30.3 Å². The van der Waals surface area contributed by atoms with E-state index in [9.17, 15) is 14.0 Å². The van der Waals surface area contributed by atoms with Crippen LogP contribution in [0.15, 0.2) is 46.2 Å². The number of furan rings is 1. The van der Waals surface area contributed by atoms with E-state index in [0.717, 1.165) is 11.8 Å². The van der Waals surface area contributed by atoms with Crippen molar-refractivity contribution in [3.8, 4) is 0 Å². The molecule has 0 spiro atoms. The molecule has 3 rings (SSSR count). The topological polar surface area (TPSA) is 116 Å². The third-order valence-electron chi connectivity index (χ3n) is 3.82. The Morgan fingerprint density at radius 3 is 2.86 bits per heavy atom. The van der Waals surface area contributed by atoms with Gasteiger partial charge in [0.25, 0.3) is 0 Å². The van der Waals surface area contributed by atoms with Gasteiger partial charge in [-0.15, -0.1) is 10.2 Å². The summed E-state index contributed by atoms with van der Waals surface area (Å²) in [5, 5.41) is 11.4. The standard InChI is InChI=1S/C18H17ClFN5O3S/c19-11-3-4-13(20)14(8-11)22-17(27)10-29-18-24-23-16(6-5-15(21)26)25(18)9-12-2-1-7-28-12/h1-4,7-8H,5-6,9-10H2,(H2,21,26)(H,22,27). The summed E-state index contributed by atoms with van der Waals surface area (Å²) < 4.78 is 20.9. The van der Waals surface area contributed by atoms with E-state index in [1.165, 1.54) is 18.2 Å². The van der Waals surface area contributed by atoms with Crippen LogP contribution in [0.3, 0.4) is 0 Å². The molecule has 11 heteroatoms. The number of nitrogens with two attached hydrogens (primary N) is 1. The molecule has 0 atom stereocenters. The minimum absolute atomic E-state index is 0.00213. The number of halogens is 2. The number of nitrogens with one attached hydrogen (secondary N) is 1. The number of thioether (sulfide) groups is 1. The zero-order valence-corrected chi connectivity index (χ0v) is 16.7. The van der Waals surface area contributed by atoms with Crippen LogP contribution in [-0.2, 0) is 22.6 Å². The largest absolute Gasteiger partial charge is 0.467 e. The highest BCUT2D eigenvalue weighted by Gasteiger charge is 2.17. The summed E-state index contributed by atoms with van der Waals surface area (Å²) in [5.74, 6) is -0.279. The number of aryl methyl sites for hydroxylation is 1. The fourth-order valence-corrected chi connectivity index (χ4v) is 3.40. The highest BCUT2D eigenvalue weighted by molar-refractivity contribution is 7.99. The lowest BCUT2D eigenvalue weighted by molar-refractivity contribution is -0.118. The molecule has 2 aromatic heterocycles. The van der Waals surface area contributed by atoms with E-state index in [1.54, 1.807) is 23.0 Å². The van der Waals surface area contributed by atoms with Crippen LogP contribution in [0.4, 0.5) is 10.1 Å². The molecule has 0 radical (unpaired) electrons. The first-order chi connectivity index (χ1) is 13.9. The Kier molecular flexibility index (Phi) is 6.89. The van der Waals surface area contributed by atoms with Gasteiger partial charge in [0.1, 0.15) is 17.4 Å². The summed E-state index contributed by atoms with van der Waals surface area (Å²) in [4.78, 5) is 23.3. The Labute approximate surface area is 174 Å². The summed E-state index contributed by atoms with van der Waals surface area (Å²) in [6.07, 6.45) is 1.97. The average Bonchev–Trinajstić information content (AvgIpc) is 3.32. The van der Waals surface area contributed by atoms with Crippen molar-refractivity contribution in [3.05, 3.63) is 59.0 Å². The fourth-order valence-electron chi connectivity index (χ4n) is 2.47.